The summed E-state index contributed by atoms with van der Waals surface area (Å²) in [5, 5.41) is 14.0. The van der Waals surface area contributed by atoms with E-state index in [9.17, 15) is 5.11 Å². The molecule has 0 heterocycles. The summed E-state index contributed by atoms with van der Waals surface area (Å²) in [6.07, 6.45) is 8.93. The van der Waals surface area contributed by atoms with Crippen molar-refractivity contribution in [1.29, 1.82) is 0 Å². The van der Waals surface area contributed by atoms with Crippen molar-refractivity contribution in [2.75, 3.05) is 26.9 Å². The maximum Gasteiger partial charge on any atom is 0.118 e. The molecule has 4 aliphatic rings. The van der Waals surface area contributed by atoms with Crippen LogP contribution in [0, 0.1) is 23.2 Å². The molecule has 0 radical (unpaired) electrons. The molecular weight excluding hydrogens is 362 g/mol. The summed E-state index contributed by atoms with van der Waals surface area (Å²) < 4.78 is 11.3. The average molecular weight is 402 g/mol. The van der Waals surface area contributed by atoms with Crippen LogP contribution < -0.4 is 10.1 Å². The van der Waals surface area contributed by atoms with Crippen LogP contribution in [0.15, 0.2) is 24.3 Å². The highest BCUT2D eigenvalue weighted by Gasteiger charge is 2.50. The molecule has 1 aromatic rings. The first-order valence-corrected chi connectivity index (χ1v) is 11.5. The lowest BCUT2D eigenvalue weighted by Crippen LogP contribution is -2.49. The van der Waals surface area contributed by atoms with E-state index in [0.717, 1.165) is 36.5 Å². The smallest absolute Gasteiger partial charge is 0.118 e. The number of aliphatic hydroxyl groups is 1. The van der Waals surface area contributed by atoms with Gasteiger partial charge in [0.1, 0.15) is 5.75 Å². The number of hydrogen-bond acceptors (Lipinski definition) is 4. The van der Waals surface area contributed by atoms with Crippen LogP contribution in [0.25, 0.3) is 0 Å². The van der Waals surface area contributed by atoms with Crippen LogP contribution in [-0.2, 0) is 11.2 Å². The Morgan fingerprint density at radius 3 is 2.21 bits per heavy atom. The second-order valence-electron chi connectivity index (χ2n) is 10.9. The minimum atomic E-state index is -0.459. The standard InChI is InChI=1S/C25H39NO3/c1-24(2,11-18-4-6-23(28-3)7-5-18)26-15-22(27)16-29-17-25-12-19-8-20(13-25)10-21(9-19)14-25/h4-7,19-22,26-27H,8-17H2,1-3H3. The van der Waals surface area contributed by atoms with E-state index in [4.69, 9.17) is 9.47 Å². The molecule has 4 nitrogen and oxygen atoms in total. The zero-order chi connectivity index (χ0) is 20.5. The first-order chi connectivity index (χ1) is 13.8. The fourth-order valence-corrected chi connectivity index (χ4v) is 6.65. The van der Waals surface area contributed by atoms with Crippen LogP contribution in [-0.4, -0.2) is 43.6 Å². The number of hydrogen-bond donors (Lipinski definition) is 2. The van der Waals surface area contributed by atoms with Crippen molar-refractivity contribution in [2.24, 2.45) is 23.2 Å². The van der Waals surface area contributed by atoms with Gasteiger partial charge in [-0.25, -0.2) is 0 Å². The largest absolute Gasteiger partial charge is 0.497 e. The Hall–Kier alpha value is -1.10. The van der Waals surface area contributed by atoms with E-state index < -0.39 is 6.10 Å². The lowest BCUT2D eigenvalue weighted by molar-refractivity contribution is -0.105. The van der Waals surface area contributed by atoms with Crippen LogP contribution in [0.5, 0.6) is 5.75 Å². The molecule has 0 spiro atoms. The minimum Gasteiger partial charge on any atom is -0.497 e. The second kappa shape index (κ2) is 8.56. The summed E-state index contributed by atoms with van der Waals surface area (Å²) in [7, 11) is 1.69. The van der Waals surface area contributed by atoms with Crippen molar-refractivity contribution in [1.82, 2.24) is 5.32 Å². The van der Waals surface area contributed by atoms with Gasteiger partial charge in [-0.1, -0.05) is 12.1 Å². The predicted octanol–water partition coefficient (Wildman–Crippen LogP) is 4.20. The van der Waals surface area contributed by atoms with Crippen molar-refractivity contribution < 1.29 is 14.6 Å². The molecule has 1 unspecified atom stereocenters. The maximum atomic E-state index is 10.5. The predicted molar refractivity (Wildman–Crippen MR) is 116 cm³/mol. The molecular formula is C25H39NO3. The summed E-state index contributed by atoms with van der Waals surface area (Å²) in [5.41, 5.74) is 1.60. The number of β-amino-alcohol motifs (C(OH)–C–C–N with tert-alkyl or cyclic N) is 1. The summed E-state index contributed by atoms with van der Waals surface area (Å²) in [6.45, 7) is 6.21. The molecule has 162 valence electrons. The molecule has 1 aromatic carbocycles. The van der Waals surface area contributed by atoms with Gasteiger partial charge in [0.2, 0.25) is 0 Å². The molecule has 2 N–H and O–H groups in total. The maximum absolute atomic E-state index is 10.5. The second-order valence-corrected chi connectivity index (χ2v) is 10.9. The van der Waals surface area contributed by atoms with Crippen LogP contribution in [0.2, 0.25) is 0 Å². The van der Waals surface area contributed by atoms with Crippen LogP contribution in [0.3, 0.4) is 0 Å². The van der Waals surface area contributed by atoms with Gasteiger partial charge in [0.25, 0.3) is 0 Å². The van der Waals surface area contributed by atoms with Gasteiger partial charge in [0.05, 0.1) is 26.4 Å². The van der Waals surface area contributed by atoms with Gasteiger partial charge in [-0.3, -0.25) is 0 Å². The van der Waals surface area contributed by atoms with Crippen molar-refractivity contribution in [3.63, 3.8) is 0 Å². The highest BCUT2D eigenvalue weighted by molar-refractivity contribution is 5.28. The summed E-state index contributed by atoms with van der Waals surface area (Å²) >= 11 is 0. The molecule has 1 atom stereocenters. The Labute approximate surface area is 176 Å². The zero-order valence-electron chi connectivity index (χ0n) is 18.5. The van der Waals surface area contributed by atoms with E-state index >= 15 is 0 Å². The van der Waals surface area contributed by atoms with Crippen LogP contribution in [0.4, 0.5) is 0 Å². The third kappa shape index (κ3) is 5.34. The molecule has 29 heavy (non-hydrogen) atoms. The third-order valence-electron chi connectivity index (χ3n) is 7.50. The molecule has 0 saturated heterocycles. The number of rotatable bonds is 10. The monoisotopic (exact) mass is 401 g/mol. The van der Waals surface area contributed by atoms with E-state index in [-0.39, 0.29) is 5.54 Å². The Morgan fingerprint density at radius 1 is 1.07 bits per heavy atom. The van der Waals surface area contributed by atoms with Crippen molar-refractivity contribution in [3.05, 3.63) is 29.8 Å². The number of methoxy groups -OCH3 is 1. The fraction of sp³-hybridized carbons (Fsp3) is 0.760. The average Bonchev–Trinajstić information content (AvgIpc) is 2.66. The van der Waals surface area contributed by atoms with Crippen LogP contribution in [0.1, 0.15) is 57.9 Å². The zero-order valence-corrected chi connectivity index (χ0v) is 18.5. The SMILES string of the molecule is COc1ccc(CC(C)(C)NCC(O)COCC23CC4CC(CC(C4)C2)C3)cc1. The number of ether oxygens (including phenoxy) is 2. The van der Waals surface area contributed by atoms with E-state index in [0.29, 0.717) is 18.6 Å². The van der Waals surface area contributed by atoms with Crippen molar-refractivity contribution >= 4 is 0 Å². The molecule has 4 saturated carbocycles. The summed E-state index contributed by atoms with van der Waals surface area (Å²) in [6, 6.07) is 8.21. The van der Waals surface area contributed by atoms with Gasteiger partial charge in [-0.05, 0) is 99.7 Å². The summed E-state index contributed by atoms with van der Waals surface area (Å²) in [4.78, 5) is 0. The van der Waals surface area contributed by atoms with E-state index in [1.807, 2.05) is 12.1 Å². The van der Waals surface area contributed by atoms with Gasteiger partial charge in [-0.2, -0.15) is 0 Å². The first-order valence-electron chi connectivity index (χ1n) is 11.5. The number of aliphatic hydroxyl groups excluding tert-OH is 1. The Balaban J connectivity index is 1.18. The van der Waals surface area contributed by atoms with Gasteiger partial charge < -0.3 is 19.9 Å². The molecule has 4 heteroatoms. The normalized spacial score (nSPS) is 31.8. The topological polar surface area (TPSA) is 50.7 Å². The molecule has 0 aromatic heterocycles. The lowest BCUT2D eigenvalue weighted by Gasteiger charge is -2.56. The summed E-state index contributed by atoms with van der Waals surface area (Å²) in [5.74, 6) is 3.74. The quantitative estimate of drug-likeness (QED) is 0.617. The number of benzene rings is 1. The van der Waals surface area contributed by atoms with E-state index in [1.165, 1.54) is 44.1 Å². The van der Waals surface area contributed by atoms with E-state index in [2.05, 4.69) is 31.3 Å². The fourth-order valence-electron chi connectivity index (χ4n) is 6.65. The van der Waals surface area contributed by atoms with Crippen molar-refractivity contribution in [3.8, 4) is 5.75 Å². The highest BCUT2D eigenvalue weighted by atomic mass is 16.5. The van der Waals surface area contributed by atoms with Gasteiger partial charge in [-0.15, -0.1) is 0 Å². The molecule has 4 fully saturated rings. The van der Waals surface area contributed by atoms with E-state index in [1.54, 1.807) is 7.11 Å². The Morgan fingerprint density at radius 2 is 1.66 bits per heavy atom. The molecule has 5 rings (SSSR count). The lowest BCUT2D eigenvalue weighted by atomic mass is 9.50. The minimum absolute atomic E-state index is 0.0878. The van der Waals surface area contributed by atoms with Gasteiger partial charge in [0, 0.05) is 12.1 Å². The van der Waals surface area contributed by atoms with Gasteiger partial charge >= 0.3 is 0 Å². The molecule has 0 aliphatic heterocycles. The Kier molecular flexibility index (Phi) is 6.24. The van der Waals surface area contributed by atoms with Gasteiger partial charge in [0.15, 0.2) is 0 Å². The molecule has 4 aliphatic carbocycles. The first kappa shape index (κ1) is 21.1. The Bertz CT molecular complexity index is 634. The van der Waals surface area contributed by atoms with Crippen LogP contribution >= 0.6 is 0 Å². The highest BCUT2D eigenvalue weighted by Crippen LogP contribution is 2.60. The molecule has 4 bridgehead atoms. The molecule has 0 amide bonds. The van der Waals surface area contributed by atoms with Crippen molar-refractivity contribution in [2.45, 2.75) is 70.4 Å². The third-order valence-corrected chi connectivity index (χ3v) is 7.50. The number of nitrogens with one attached hydrogen (secondary N) is 1.